The lowest BCUT2D eigenvalue weighted by molar-refractivity contribution is -0.125. The summed E-state index contributed by atoms with van der Waals surface area (Å²) in [5.41, 5.74) is 1.08. The van der Waals surface area contributed by atoms with E-state index < -0.39 is 0 Å². The molecule has 0 heterocycles. The predicted molar refractivity (Wildman–Crippen MR) is 93.6 cm³/mol. The van der Waals surface area contributed by atoms with Gasteiger partial charge in [-0.25, -0.2) is 0 Å². The Balaban J connectivity index is 2.32. The molecule has 0 saturated heterocycles. The van der Waals surface area contributed by atoms with Gasteiger partial charge in [0.1, 0.15) is 0 Å². The zero-order valence-corrected chi connectivity index (χ0v) is 14.8. The molecule has 5 nitrogen and oxygen atoms in total. The summed E-state index contributed by atoms with van der Waals surface area (Å²) in [4.78, 5) is 25.5. The first-order chi connectivity index (χ1) is 10.9. The fourth-order valence-corrected chi connectivity index (χ4v) is 2.36. The summed E-state index contributed by atoms with van der Waals surface area (Å²) in [6, 6.07) is 7.69. The Bertz CT molecular complexity index is 520. The molecule has 128 valence electrons. The third-order valence-corrected chi connectivity index (χ3v) is 3.49. The van der Waals surface area contributed by atoms with Crippen LogP contribution in [0.2, 0.25) is 5.02 Å². The molecule has 1 rings (SSSR count). The lowest BCUT2D eigenvalue weighted by Gasteiger charge is -2.20. The molecule has 0 radical (unpaired) electrons. The second-order valence-corrected chi connectivity index (χ2v) is 6.19. The number of hydrogen-bond donors (Lipinski definition) is 2. The van der Waals surface area contributed by atoms with Crippen molar-refractivity contribution in [1.82, 2.24) is 15.5 Å². The summed E-state index contributed by atoms with van der Waals surface area (Å²) >= 11 is 5.93. The number of likely N-dealkylation sites (N-methyl/N-ethyl adjacent to an activating group) is 1. The molecule has 0 aromatic heterocycles. The Morgan fingerprint density at radius 2 is 1.91 bits per heavy atom. The van der Waals surface area contributed by atoms with Gasteiger partial charge < -0.3 is 10.6 Å². The Morgan fingerprint density at radius 1 is 1.22 bits per heavy atom. The van der Waals surface area contributed by atoms with E-state index in [0.717, 1.165) is 12.0 Å². The molecule has 2 N–H and O–H groups in total. The number of hydrogen-bond acceptors (Lipinski definition) is 3. The third-order valence-electron chi connectivity index (χ3n) is 3.26. The van der Waals surface area contributed by atoms with Crippen LogP contribution in [0.15, 0.2) is 24.3 Å². The number of amides is 2. The highest BCUT2D eigenvalue weighted by Gasteiger charge is 2.13. The van der Waals surface area contributed by atoms with Crippen LogP contribution in [-0.4, -0.2) is 48.9 Å². The number of carbonyl (C=O) groups excluding carboxylic acids is 2. The molecule has 1 aromatic carbocycles. The molecule has 2 amide bonds. The molecule has 0 aliphatic heterocycles. The van der Waals surface area contributed by atoms with E-state index in [2.05, 4.69) is 10.6 Å². The molecule has 6 heteroatoms. The van der Waals surface area contributed by atoms with E-state index >= 15 is 0 Å². The summed E-state index contributed by atoms with van der Waals surface area (Å²) < 4.78 is 0. The summed E-state index contributed by atoms with van der Waals surface area (Å²) in [6.45, 7) is 7.41. The van der Waals surface area contributed by atoms with Gasteiger partial charge in [0.2, 0.25) is 11.8 Å². The number of benzene rings is 1. The van der Waals surface area contributed by atoms with Gasteiger partial charge >= 0.3 is 0 Å². The maximum absolute atomic E-state index is 12.0. The first-order valence-electron chi connectivity index (χ1n) is 7.93. The molecule has 0 fully saturated rings. The minimum absolute atomic E-state index is 0.0615. The molecule has 0 bridgehead atoms. The van der Waals surface area contributed by atoms with E-state index in [9.17, 15) is 9.59 Å². The number of rotatable bonds is 9. The van der Waals surface area contributed by atoms with Crippen LogP contribution in [0.25, 0.3) is 0 Å². The molecule has 1 aromatic rings. The van der Waals surface area contributed by atoms with Crippen LogP contribution in [0.4, 0.5) is 0 Å². The van der Waals surface area contributed by atoms with Crippen LogP contribution >= 0.6 is 11.6 Å². The summed E-state index contributed by atoms with van der Waals surface area (Å²) in [5.74, 6) is -0.139. The molecule has 23 heavy (non-hydrogen) atoms. The van der Waals surface area contributed by atoms with E-state index in [4.69, 9.17) is 11.6 Å². The topological polar surface area (TPSA) is 61.4 Å². The normalized spacial score (nSPS) is 10.9. The molecule has 0 atom stereocenters. The highest BCUT2D eigenvalue weighted by molar-refractivity contribution is 6.30. The first kappa shape index (κ1) is 19.5. The molecule has 0 aliphatic rings. The minimum atomic E-state index is -0.0776. The SMILES string of the molecule is CCN(CC(=O)NCCc1cccc(Cl)c1)CC(=O)NC(C)C. The van der Waals surface area contributed by atoms with Crippen LogP contribution in [0, 0.1) is 0 Å². The second-order valence-electron chi connectivity index (χ2n) is 5.76. The van der Waals surface area contributed by atoms with E-state index in [1.165, 1.54) is 0 Å². The van der Waals surface area contributed by atoms with E-state index in [0.29, 0.717) is 18.1 Å². The Hall–Kier alpha value is -1.59. The standard InChI is InChI=1S/C17H26ClN3O2/c1-4-21(12-17(23)20-13(2)3)11-16(22)19-9-8-14-6-5-7-15(18)10-14/h5-7,10,13H,4,8-9,11-12H2,1-3H3,(H,19,22)(H,20,23). The second kappa shape index (κ2) is 10.2. The summed E-state index contributed by atoms with van der Waals surface area (Å²) in [7, 11) is 0. The van der Waals surface area contributed by atoms with Gasteiger partial charge in [-0.15, -0.1) is 0 Å². The van der Waals surface area contributed by atoms with Crippen LogP contribution in [-0.2, 0) is 16.0 Å². The monoisotopic (exact) mass is 339 g/mol. The molecular weight excluding hydrogens is 314 g/mol. The minimum Gasteiger partial charge on any atom is -0.355 e. The van der Waals surface area contributed by atoms with Crippen molar-refractivity contribution in [2.24, 2.45) is 0 Å². The van der Waals surface area contributed by atoms with Crippen molar-refractivity contribution in [1.29, 1.82) is 0 Å². The Labute approximate surface area is 143 Å². The van der Waals surface area contributed by atoms with Gasteiger partial charge in [-0.3, -0.25) is 14.5 Å². The van der Waals surface area contributed by atoms with Crippen molar-refractivity contribution < 1.29 is 9.59 Å². The van der Waals surface area contributed by atoms with Crippen molar-refractivity contribution in [3.8, 4) is 0 Å². The lowest BCUT2D eigenvalue weighted by Crippen LogP contribution is -2.44. The van der Waals surface area contributed by atoms with E-state index in [1.54, 1.807) is 0 Å². The fourth-order valence-electron chi connectivity index (χ4n) is 2.15. The third kappa shape index (κ3) is 8.57. The lowest BCUT2D eigenvalue weighted by atomic mass is 10.1. The van der Waals surface area contributed by atoms with Gasteiger partial charge in [0, 0.05) is 17.6 Å². The molecule has 0 saturated carbocycles. The van der Waals surface area contributed by atoms with Gasteiger partial charge in [-0.1, -0.05) is 30.7 Å². The number of nitrogens with zero attached hydrogens (tertiary/aromatic N) is 1. The van der Waals surface area contributed by atoms with E-state index in [-0.39, 0.29) is 30.9 Å². The molecule has 0 unspecified atom stereocenters. The van der Waals surface area contributed by atoms with Crippen molar-refractivity contribution in [3.63, 3.8) is 0 Å². The first-order valence-corrected chi connectivity index (χ1v) is 8.31. The predicted octanol–water partition coefficient (Wildman–Crippen LogP) is 1.85. The van der Waals surface area contributed by atoms with Crippen LogP contribution in [0.1, 0.15) is 26.3 Å². The van der Waals surface area contributed by atoms with Gasteiger partial charge in [0.25, 0.3) is 0 Å². The van der Waals surface area contributed by atoms with Gasteiger partial charge in [0.05, 0.1) is 13.1 Å². The average molecular weight is 340 g/mol. The maximum Gasteiger partial charge on any atom is 0.234 e. The highest BCUT2D eigenvalue weighted by Crippen LogP contribution is 2.10. The van der Waals surface area contributed by atoms with Gasteiger partial charge in [0.15, 0.2) is 0 Å². The van der Waals surface area contributed by atoms with Crippen molar-refractivity contribution >= 4 is 23.4 Å². The van der Waals surface area contributed by atoms with Crippen molar-refractivity contribution in [2.75, 3.05) is 26.2 Å². The Kier molecular flexibility index (Phi) is 8.66. The van der Waals surface area contributed by atoms with Gasteiger partial charge in [-0.2, -0.15) is 0 Å². The molecular formula is C17H26ClN3O2. The van der Waals surface area contributed by atoms with Gasteiger partial charge in [-0.05, 0) is 44.5 Å². The Morgan fingerprint density at radius 3 is 2.52 bits per heavy atom. The average Bonchev–Trinajstić information content (AvgIpc) is 2.45. The molecule has 0 aliphatic carbocycles. The van der Waals surface area contributed by atoms with Crippen molar-refractivity contribution in [3.05, 3.63) is 34.9 Å². The largest absolute Gasteiger partial charge is 0.355 e. The quantitative estimate of drug-likeness (QED) is 0.721. The fraction of sp³-hybridized carbons (Fsp3) is 0.529. The maximum atomic E-state index is 12.0. The summed E-state index contributed by atoms with van der Waals surface area (Å²) in [6.07, 6.45) is 0.728. The number of carbonyl (C=O) groups is 2. The van der Waals surface area contributed by atoms with Crippen LogP contribution in [0.3, 0.4) is 0 Å². The van der Waals surface area contributed by atoms with Crippen molar-refractivity contribution in [2.45, 2.75) is 33.2 Å². The van der Waals surface area contributed by atoms with E-state index in [1.807, 2.05) is 49.9 Å². The highest BCUT2D eigenvalue weighted by atomic mass is 35.5. The molecule has 0 spiro atoms. The summed E-state index contributed by atoms with van der Waals surface area (Å²) in [5, 5.41) is 6.40. The number of nitrogens with one attached hydrogen (secondary N) is 2. The van der Waals surface area contributed by atoms with Crippen LogP contribution < -0.4 is 10.6 Å². The zero-order valence-electron chi connectivity index (χ0n) is 14.1. The smallest absolute Gasteiger partial charge is 0.234 e. The van der Waals surface area contributed by atoms with Crippen LogP contribution in [0.5, 0.6) is 0 Å². The zero-order chi connectivity index (χ0) is 17.2. The number of halogens is 1.